The summed E-state index contributed by atoms with van der Waals surface area (Å²) in [5, 5.41) is 4.19. The van der Waals surface area contributed by atoms with E-state index in [9.17, 15) is 4.39 Å². The van der Waals surface area contributed by atoms with Crippen LogP contribution < -0.4 is 11.1 Å². The van der Waals surface area contributed by atoms with E-state index < -0.39 is 5.83 Å². The summed E-state index contributed by atoms with van der Waals surface area (Å²) in [6.45, 7) is 2.39. The largest absolute Gasteiger partial charge is 0.399 e. The van der Waals surface area contributed by atoms with Gasteiger partial charge in [-0.2, -0.15) is 0 Å². The zero-order valence-corrected chi connectivity index (χ0v) is 10.4. The van der Waals surface area contributed by atoms with Crippen molar-refractivity contribution in [2.75, 3.05) is 17.6 Å². The summed E-state index contributed by atoms with van der Waals surface area (Å²) in [5.74, 6) is -0.410. The minimum atomic E-state index is -0.410. The van der Waals surface area contributed by atoms with Gasteiger partial charge in [0.15, 0.2) is 0 Å². The first kappa shape index (κ1) is 13.4. The van der Waals surface area contributed by atoms with Crippen molar-refractivity contribution in [1.82, 2.24) is 0 Å². The molecular weight excluding hydrogens is 235 g/mol. The van der Waals surface area contributed by atoms with E-state index in [2.05, 4.69) is 17.5 Å². The quantitative estimate of drug-likeness (QED) is 0.363. The lowest BCUT2D eigenvalue weighted by atomic mass is 10.2. The van der Waals surface area contributed by atoms with Crippen molar-refractivity contribution in [1.29, 1.82) is 0 Å². The Labute approximate surface area is 106 Å². The van der Waals surface area contributed by atoms with Crippen LogP contribution in [-0.2, 0) is 0 Å². The Balaban J connectivity index is 2.60. The minimum absolute atomic E-state index is 0.410. The molecule has 0 aliphatic carbocycles. The van der Waals surface area contributed by atoms with Gasteiger partial charge in [0.25, 0.3) is 0 Å². The molecule has 2 nitrogen and oxygen atoms in total. The van der Waals surface area contributed by atoms with Crippen molar-refractivity contribution in [3.05, 3.63) is 47.8 Å². The Morgan fingerprint density at radius 2 is 2.06 bits per heavy atom. The molecule has 0 spiro atoms. The van der Waals surface area contributed by atoms with Gasteiger partial charge in [0, 0.05) is 23.3 Å². The predicted octanol–water partition coefficient (Wildman–Crippen LogP) is 3.48. The summed E-state index contributed by atoms with van der Waals surface area (Å²) in [7, 11) is 0. The number of anilines is 2. The third-order valence-corrected chi connectivity index (χ3v) is 2.44. The number of hydrogen-bond donors (Lipinski definition) is 2. The lowest BCUT2D eigenvalue weighted by Crippen LogP contribution is -2.03. The Bertz CT molecular complexity index is 435. The highest BCUT2D eigenvalue weighted by Gasteiger charge is 1.96. The van der Waals surface area contributed by atoms with Gasteiger partial charge in [-0.3, -0.25) is 0 Å². The van der Waals surface area contributed by atoms with Crippen LogP contribution in [0.25, 0.3) is 0 Å². The normalized spacial score (nSPS) is 12.4. The van der Waals surface area contributed by atoms with Crippen molar-refractivity contribution >= 4 is 29.0 Å². The number of allylic oxidation sites excluding steroid dienone is 2. The van der Waals surface area contributed by atoms with Crippen molar-refractivity contribution in [2.24, 2.45) is 0 Å². The molecule has 0 aliphatic heterocycles. The number of thiocarbonyl (C=S) groups is 1. The SMILES string of the molecule is CC=C(C=C(F)C=S)CNc1ccc(N)cc1. The van der Waals surface area contributed by atoms with Gasteiger partial charge in [0.2, 0.25) is 0 Å². The van der Waals surface area contributed by atoms with Crippen LogP contribution in [0.1, 0.15) is 6.92 Å². The Morgan fingerprint density at radius 3 is 2.59 bits per heavy atom. The number of nitrogen functional groups attached to an aromatic ring is 1. The third-order valence-electron chi connectivity index (χ3n) is 2.21. The van der Waals surface area contributed by atoms with E-state index in [1.54, 1.807) is 0 Å². The van der Waals surface area contributed by atoms with Crippen LogP contribution in [0.15, 0.2) is 47.8 Å². The second-order valence-corrected chi connectivity index (χ2v) is 3.72. The number of benzene rings is 1. The van der Waals surface area contributed by atoms with Gasteiger partial charge in [-0.25, -0.2) is 4.39 Å². The molecule has 0 atom stereocenters. The molecule has 1 aromatic carbocycles. The molecule has 0 amide bonds. The van der Waals surface area contributed by atoms with Crippen LogP contribution >= 0.6 is 12.2 Å². The van der Waals surface area contributed by atoms with Gasteiger partial charge < -0.3 is 11.1 Å². The van der Waals surface area contributed by atoms with E-state index in [0.29, 0.717) is 12.2 Å². The summed E-state index contributed by atoms with van der Waals surface area (Å²) >= 11 is 4.50. The minimum Gasteiger partial charge on any atom is -0.399 e. The van der Waals surface area contributed by atoms with Crippen molar-refractivity contribution in [3.63, 3.8) is 0 Å². The molecule has 1 rings (SSSR count). The maximum absolute atomic E-state index is 13.0. The molecule has 0 aromatic heterocycles. The summed E-state index contributed by atoms with van der Waals surface area (Å²) in [6.07, 6.45) is 3.25. The fourth-order valence-electron chi connectivity index (χ4n) is 1.25. The van der Waals surface area contributed by atoms with Crippen LogP contribution in [0.5, 0.6) is 0 Å². The maximum atomic E-state index is 13.0. The lowest BCUT2D eigenvalue weighted by Gasteiger charge is -2.07. The summed E-state index contributed by atoms with van der Waals surface area (Å²) in [4.78, 5) is 0. The Kier molecular flexibility index (Phi) is 5.36. The molecule has 0 unspecified atom stereocenters. The zero-order valence-electron chi connectivity index (χ0n) is 9.61. The molecule has 0 heterocycles. The Hall–Kier alpha value is -1.68. The van der Waals surface area contributed by atoms with Crippen LogP contribution in [0.2, 0.25) is 0 Å². The van der Waals surface area contributed by atoms with Crippen LogP contribution in [0.4, 0.5) is 15.8 Å². The average molecular weight is 250 g/mol. The smallest absolute Gasteiger partial charge is 0.134 e. The number of nitrogens with one attached hydrogen (secondary N) is 1. The highest BCUT2D eigenvalue weighted by atomic mass is 32.1. The van der Waals surface area contributed by atoms with Gasteiger partial charge in [-0.15, -0.1) is 0 Å². The summed E-state index contributed by atoms with van der Waals surface area (Å²) in [6, 6.07) is 7.37. The molecular formula is C13H15FN2S. The van der Waals surface area contributed by atoms with Crippen molar-refractivity contribution in [2.45, 2.75) is 6.92 Å². The van der Waals surface area contributed by atoms with E-state index in [1.165, 1.54) is 6.08 Å². The molecule has 0 fully saturated rings. The average Bonchev–Trinajstić information content (AvgIpc) is 2.36. The first-order valence-corrected chi connectivity index (χ1v) is 5.70. The van der Waals surface area contributed by atoms with E-state index >= 15 is 0 Å². The lowest BCUT2D eigenvalue weighted by molar-refractivity contribution is 0.687. The number of halogens is 1. The zero-order chi connectivity index (χ0) is 12.7. The Morgan fingerprint density at radius 1 is 1.41 bits per heavy atom. The molecule has 0 aliphatic rings. The van der Waals surface area contributed by atoms with Crippen LogP contribution in [0, 0.1) is 0 Å². The fourth-order valence-corrected chi connectivity index (χ4v) is 1.32. The van der Waals surface area contributed by atoms with Crippen molar-refractivity contribution < 1.29 is 4.39 Å². The number of hydrogen-bond acceptors (Lipinski definition) is 3. The first-order valence-electron chi connectivity index (χ1n) is 5.22. The topological polar surface area (TPSA) is 38.0 Å². The van der Waals surface area contributed by atoms with Gasteiger partial charge in [-0.05, 0) is 42.8 Å². The highest BCUT2D eigenvalue weighted by Crippen LogP contribution is 2.12. The number of nitrogens with two attached hydrogens (primary N) is 1. The van der Waals surface area contributed by atoms with Crippen molar-refractivity contribution in [3.8, 4) is 0 Å². The number of rotatable bonds is 5. The van der Waals surface area contributed by atoms with Gasteiger partial charge in [0.1, 0.15) is 5.83 Å². The second kappa shape index (κ2) is 6.81. The highest BCUT2D eigenvalue weighted by molar-refractivity contribution is 7.79. The molecule has 0 bridgehead atoms. The first-order chi connectivity index (χ1) is 8.15. The molecule has 90 valence electrons. The van der Waals surface area contributed by atoms with E-state index in [0.717, 1.165) is 16.6 Å². The maximum Gasteiger partial charge on any atom is 0.134 e. The summed E-state index contributed by atoms with van der Waals surface area (Å²) < 4.78 is 13.0. The third kappa shape index (κ3) is 4.78. The van der Waals surface area contributed by atoms with Crippen LogP contribution in [-0.4, -0.2) is 11.9 Å². The molecule has 17 heavy (non-hydrogen) atoms. The fraction of sp³-hybridized carbons (Fsp3) is 0.154. The monoisotopic (exact) mass is 250 g/mol. The van der Waals surface area contributed by atoms with Gasteiger partial charge in [-0.1, -0.05) is 18.3 Å². The molecule has 4 heteroatoms. The van der Waals surface area contributed by atoms with Gasteiger partial charge >= 0.3 is 0 Å². The molecule has 1 aromatic rings. The second-order valence-electron chi connectivity index (χ2n) is 3.49. The predicted molar refractivity (Wildman–Crippen MR) is 75.9 cm³/mol. The summed E-state index contributed by atoms with van der Waals surface area (Å²) in [5.41, 5.74) is 8.07. The standard InChI is InChI=1S/C13H15FN2S/c1-2-10(7-11(14)9-17)8-16-13-5-3-12(15)4-6-13/h2-7,9,16H,8,15H2,1H3. The van der Waals surface area contributed by atoms with Gasteiger partial charge in [0.05, 0.1) is 0 Å². The molecule has 3 N–H and O–H groups in total. The van der Waals surface area contributed by atoms with E-state index in [4.69, 9.17) is 5.73 Å². The molecule has 0 saturated carbocycles. The van der Waals surface area contributed by atoms with E-state index in [1.807, 2.05) is 37.3 Å². The van der Waals surface area contributed by atoms with Crippen LogP contribution in [0.3, 0.4) is 0 Å². The van der Waals surface area contributed by atoms with E-state index in [-0.39, 0.29) is 0 Å². The molecule has 0 radical (unpaired) electrons. The molecule has 0 saturated heterocycles.